The quantitative estimate of drug-likeness (QED) is 0.779. The third-order valence-corrected chi connectivity index (χ3v) is 4.53. The van der Waals surface area contributed by atoms with Gasteiger partial charge in [-0.05, 0) is 6.92 Å². The molecular formula is C14H12N4O4S. The Labute approximate surface area is 134 Å². The van der Waals surface area contributed by atoms with Crippen molar-refractivity contribution < 1.29 is 19.4 Å². The molecule has 9 heteroatoms. The molecule has 1 aromatic carbocycles. The van der Waals surface area contributed by atoms with Gasteiger partial charge in [0.25, 0.3) is 0 Å². The van der Waals surface area contributed by atoms with Crippen LogP contribution in [0.25, 0.3) is 11.0 Å². The number of carboxylic acid groups (broad SMARTS) is 1. The Morgan fingerprint density at radius 3 is 2.39 bits per heavy atom. The van der Waals surface area contributed by atoms with E-state index in [1.165, 1.54) is 4.80 Å². The fraction of sp³-hybridized carbons (Fsp3) is 0.286. The summed E-state index contributed by atoms with van der Waals surface area (Å²) >= 11 is 1.14. The largest absolute Gasteiger partial charge is 0.486 e. The van der Waals surface area contributed by atoms with E-state index in [2.05, 4.69) is 15.2 Å². The van der Waals surface area contributed by atoms with Gasteiger partial charge >= 0.3 is 5.97 Å². The maximum Gasteiger partial charge on any atom is 0.347 e. The molecule has 3 aromatic rings. The molecule has 4 rings (SSSR count). The van der Waals surface area contributed by atoms with E-state index < -0.39 is 5.97 Å². The number of aromatic carboxylic acids is 1. The minimum absolute atomic E-state index is 0.244. The van der Waals surface area contributed by atoms with Crippen LogP contribution in [0.4, 0.5) is 0 Å². The molecule has 8 nitrogen and oxygen atoms in total. The molecule has 0 saturated carbocycles. The lowest BCUT2D eigenvalue weighted by molar-refractivity contribution is 0.0701. The molecule has 0 saturated heterocycles. The highest BCUT2D eigenvalue weighted by Gasteiger charge is 2.17. The second kappa shape index (κ2) is 5.20. The molecule has 0 fully saturated rings. The predicted molar refractivity (Wildman–Crippen MR) is 81.4 cm³/mol. The van der Waals surface area contributed by atoms with E-state index in [-0.39, 0.29) is 4.88 Å². The summed E-state index contributed by atoms with van der Waals surface area (Å²) in [6.45, 7) is 3.03. The van der Waals surface area contributed by atoms with Gasteiger partial charge in [0.15, 0.2) is 11.5 Å². The van der Waals surface area contributed by atoms with Crippen molar-refractivity contribution in [3.63, 3.8) is 0 Å². The number of benzene rings is 1. The van der Waals surface area contributed by atoms with Gasteiger partial charge in [-0.2, -0.15) is 15.0 Å². The average molecular weight is 332 g/mol. The summed E-state index contributed by atoms with van der Waals surface area (Å²) in [5.74, 6) is 0.356. The SMILES string of the molecule is Cc1nc(Cn2nc3cc4c(cc3n2)OCCO4)sc1C(=O)O. The zero-order chi connectivity index (χ0) is 16.0. The molecule has 0 spiro atoms. The van der Waals surface area contributed by atoms with E-state index in [1.54, 1.807) is 19.1 Å². The van der Waals surface area contributed by atoms with Gasteiger partial charge in [-0.3, -0.25) is 0 Å². The molecule has 1 N–H and O–H groups in total. The first kappa shape index (κ1) is 13.9. The molecule has 2 aromatic heterocycles. The topological polar surface area (TPSA) is 99.4 Å². The number of thiazole rings is 1. The summed E-state index contributed by atoms with van der Waals surface area (Å²) in [5, 5.41) is 18.5. The highest BCUT2D eigenvalue weighted by molar-refractivity contribution is 7.13. The molecule has 1 aliphatic rings. The van der Waals surface area contributed by atoms with E-state index in [9.17, 15) is 4.79 Å². The van der Waals surface area contributed by atoms with E-state index in [0.29, 0.717) is 53.0 Å². The van der Waals surface area contributed by atoms with Crippen LogP contribution in [0.1, 0.15) is 20.4 Å². The summed E-state index contributed by atoms with van der Waals surface area (Å²) in [7, 11) is 0. The lowest BCUT2D eigenvalue weighted by Gasteiger charge is -2.17. The molecule has 0 radical (unpaired) electrons. The fourth-order valence-electron chi connectivity index (χ4n) is 2.41. The molecule has 3 heterocycles. The molecule has 0 unspecified atom stereocenters. The van der Waals surface area contributed by atoms with Gasteiger partial charge in [0.05, 0.1) is 5.69 Å². The Kier molecular flexibility index (Phi) is 3.15. The lowest BCUT2D eigenvalue weighted by Crippen LogP contribution is -2.15. The van der Waals surface area contributed by atoms with Crippen LogP contribution in [0.15, 0.2) is 12.1 Å². The average Bonchev–Trinajstić information content (AvgIpc) is 3.07. The minimum Gasteiger partial charge on any atom is -0.486 e. The van der Waals surface area contributed by atoms with Crippen molar-refractivity contribution in [3.8, 4) is 11.5 Å². The fourth-order valence-corrected chi connectivity index (χ4v) is 3.29. The summed E-state index contributed by atoms with van der Waals surface area (Å²) in [6, 6.07) is 3.59. The van der Waals surface area contributed by atoms with Crippen LogP contribution in [0.3, 0.4) is 0 Å². The van der Waals surface area contributed by atoms with Gasteiger partial charge in [-0.15, -0.1) is 11.3 Å². The monoisotopic (exact) mass is 332 g/mol. The first-order valence-corrected chi connectivity index (χ1v) is 7.76. The van der Waals surface area contributed by atoms with Crippen LogP contribution in [0, 0.1) is 6.92 Å². The number of rotatable bonds is 3. The van der Waals surface area contributed by atoms with Crippen LogP contribution < -0.4 is 9.47 Å². The van der Waals surface area contributed by atoms with Crippen molar-refractivity contribution in [3.05, 3.63) is 27.7 Å². The molecule has 1 aliphatic heterocycles. The summed E-state index contributed by atoms with van der Waals surface area (Å²) in [6.07, 6.45) is 0. The van der Waals surface area contributed by atoms with Crippen LogP contribution >= 0.6 is 11.3 Å². The summed E-state index contributed by atoms with van der Waals surface area (Å²) < 4.78 is 11.1. The molecule has 118 valence electrons. The van der Waals surface area contributed by atoms with E-state index >= 15 is 0 Å². The molecule has 23 heavy (non-hydrogen) atoms. The van der Waals surface area contributed by atoms with Gasteiger partial charge in [-0.1, -0.05) is 0 Å². The second-order valence-electron chi connectivity index (χ2n) is 5.04. The number of aryl methyl sites for hydroxylation is 1. The first-order valence-electron chi connectivity index (χ1n) is 6.94. The Hall–Kier alpha value is -2.68. The van der Waals surface area contributed by atoms with Crippen LogP contribution in [0.2, 0.25) is 0 Å². The van der Waals surface area contributed by atoms with Gasteiger partial charge < -0.3 is 14.6 Å². The maximum absolute atomic E-state index is 11.1. The highest BCUT2D eigenvalue weighted by atomic mass is 32.1. The van der Waals surface area contributed by atoms with Crippen molar-refractivity contribution in [1.82, 2.24) is 20.0 Å². The van der Waals surface area contributed by atoms with Gasteiger partial charge in [0.2, 0.25) is 0 Å². The first-order chi connectivity index (χ1) is 11.1. The molecule has 0 atom stereocenters. The Bertz CT molecular complexity index is 874. The predicted octanol–water partition coefficient (Wildman–Crippen LogP) is 1.71. The normalized spacial score (nSPS) is 13.4. The Morgan fingerprint density at radius 1 is 1.26 bits per heavy atom. The van der Waals surface area contributed by atoms with Gasteiger partial charge in [0.1, 0.15) is 40.7 Å². The lowest BCUT2D eigenvalue weighted by atomic mass is 10.2. The summed E-state index contributed by atoms with van der Waals surface area (Å²) in [5.41, 5.74) is 1.90. The van der Waals surface area contributed by atoms with Crippen molar-refractivity contribution in [2.24, 2.45) is 0 Å². The number of carbonyl (C=O) groups is 1. The van der Waals surface area contributed by atoms with E-state index in [1.807, 2.05) is 0 Å². The van der Waals surface area contributed by atoms with Crippen molar-refractivity contribution >= 4 is 28.3 Å². The minimum atomic E-state index is -0.966. The number of hydrogen-bond acceptors (Lipinski definition) is 7. The zero-order valence-electron chi connectivity index (χ0n) is 12.1. The number of nitrogens with zero attached hydrogens (tertiary/aromatic N) is 4. The number of hydrogen-bond donors (Lipinski definition) is 1. The Balaban J connectivity index is 1.67. The number of ether oxygens (including phenoxy) is 2. The van der Waals surface area contributed by atoms with Crippen molar-refractivity contribution in [1.29, 1.82) is 0 Å². The zero-order valence-corrected chi connectivity index (χ0v) is 13.0. The molecule has 0 amide bonds. The van der Waals surface area contributed by atoms with Crippen LogP contribution in [-0.2, 0) is 6.54 Å². The van der Waals surface area contributed by atoms with Crippen molar-refractivity contribution in [2.75, 3.05) is 13.2 Å². The standard InChI is InChI=1S/C14H12N4O4S/c1-7-13(14(19)20)23-12(15-7)6-18-16-8-4-10-11(5-9(8)17-18)22-3-2-21-10/h4-5H,2-3,6H2,1H3,(H,19,20). The van der Waals surface area contributed by atoms with Crippen LogP contribution in [-0.4, -0.2) is 44.3 Å². The van der Waals surface area contributed by atoms with Gasteiger partial charge in [0, 0.05) is 12.1 Å². The third kappa shape index (κ3) is 2.48. The third-order valence-electron chi connectivity index (χ3n) is 3.40. The van der Waals surface area contributed by atoms with Crippen molar-refractivity contribution in [2.45, 2.75) is 13.5 Å². The second-order valence-corrected chi connectivity index (χ2v) is 6.13. The number of fused-ring (bicyclic) bond motifs is 2. The maximum atomic E-state index is 11.1. The molecule has 0 bridgehead atoms. The van der Waals surface area contributed by atoms with E-state index in [0.717, 1.165) is 11.3 Å². The van der Waals surface area contributed by atoms with Crippen LogP contribution in [0.5, 0.6) is 11.5 Å². The molecular weight excluding hydrogens is 320 g/mol. The Morgan fingerprint density at radius 2 is 1.87 bits per heavy atom. The smallest absolute Gasteiger partial charge is 0.347 e. The number of aromatic nitrogens is 4. The molecule has 0 aliphatic carbocycles. The highest BCUT2D eigenvalue weighted by Crippen LogP contribution is 2.33. The summed E-state index contributed by atoms with van der Waals surface area (Å²) in [4.78, 5) is 17.1. The van der Waals surface area contributed by atoms with E-state index in [4.69, 9.17) is 14.6 Å². The van der Waals surface area contributed by atoms with Gasteiger partial charge in [-0.25, -0.2) is 9.78 Å². The number of carboxylic acids is 1.